The lowest BCUT2D eigenvalue weighted by molar-refractivity contribution is -0.154. The maximum Gasteiger partial charge on any atom is 0.472 e. The van der Waals surface area contributed by atoms with Crippen molar-refractivity contribution in [3.8, 4) is 0 Å². The van der Waals surface area contributed by atoms with Gasteiger partial charge in [0.1, 0.15) is 12.2 Å². The number of rotatable bonds is 35. The van der Waals surface area contributed by atoms with Crippen LogP contribution in [0, 0.1) is 0 Å². The van der Waals surface area contributed by atoms with Crippen LogP contribution in [0.4, 0.5) is 0 Å². The van der Waals surface area contributed by atoms with Crippen LogP contribution in [-0.2, 0) is 27.9 Å². The molecule has 0 aromatic heterocycles. The molecular formula is C40H69O9P. The highest BCUT2D eigenvalue weighted by atomic mass is 31.2. The van der Waals surface area contributed by atoms with Crippen LogP contribution < -0.4 is 0 Å². The van der Waals surface area contributed by atoms with E-state index in [9.17, 15) is 19.4 Å². The average molecular weight is 725 g/mol. The average Bonchev–Trinajstić information content (AvgIpc) is 3.10. The Morgan fingerprint density at radius 3 is 1.62 bits per heavy atom. The van der Waals surface area contributed by atoms with Gasteiger partial charge in [-0.15, -0.1) is 0 Å². The molecule has 3 atom stereocenters. The van der Waals surface area contributed by atoms with Crippen LogP contribution in [0.1, 0.15) is 129 Å². The molecule has 0 rings (SSSR count). The molecule has 10 heteroatoms. The Balaban J connectivity index is 4.32. The van der Waals surface area contributed by atoms with E-state index in [1.807, 2.05) is 0 Å². The zero-order chi connectivity index (χ0) is 36.8. The molecule has 0 heterocycles. The van der Waals surface area contributed by atoms with Crippen molar-refractivity contribution < 1.29 is 43.0 Å². The number of unbranched alkanes of at least 4 members (excludes halogenated alkanes) is 9. The highest BCUT2D eigenvalue weighted by molar-refractivity contribution is 7.47. The van der Waals surface area contributed by atoms with Crippen molar-refractivity contribution in [3.05, 3.63) is 72.9 Å². The molecule has 50 heavy (non-hydrogen) atoms. The first-order valence-corrected chi connectivity index (χ1v) is 20.4. The predicted molar refractivity (Wildman–Crippen MR) is 205 cm³/mol. The molecule has 0 radical (unpaired) electrons. The smallest absolute Gasteiger partial charge is 0.457 e. The third kappa shape index (κ3) is 35.7. The SMILES string of the molecule is CC/C=C\C/C=C\C/C=C\CCCCCCCCOCC(COP(=O)(O)OCC(O)CO)OC(=O)CCCCC/C=C\C/C=C\C/C=C\CC. The van der Waals surface area contributed by atoms with E-state index in [-0.39, 0.29) is 13.0 Å². The summed E-state index contributed by atoms with van der Waals surface area (Å²) in [4.78, 5) is 22.5. The van der Waals surface area contributed by atoms with Crippen molar-refractivity contribution in [2.75, 3.05) is 33.0 Å². The Morgan fingerprint density at radius 2 is 1.08 bits per heavy atom. The molecule has 0 bridgehead atoms. The van der Waals surface area contributed by atoms with Crippen molar-refractivity contribution in [1.82, 2.24) is 0 Å². The molecule has 3 N–H and O–H groups in total. The van der Waals surface area contributed by atoms with E-state index in [4.69, 9.17) is 23.6 Å². The quantitative estimate of drug-likeness (QED) is 0.0253. The standard InChI is InChI=1S/C40H69O9P/c1-3-5-7-9-11-13-15-17-18-19-21-23-25-27-29-31-33-46-36-39(37-48-50(44,45)47-35-38(42)34-41)49-40(43)32-30-28-26-24-22-20-16-14-12-10-8-6-4-2/h5-8,11-14,17-18,20,22,38-39,41-42H,3-4,9-10,15-16,19,21,23-37H2,1-2H3,(H,44,45)/b7-5-,8-6-,13-11-,14-12-,18-17-,22-20-. The van der Waals surface area contributed by atoms with E-state index < -0.39 is 45.8 Å². The molecule has 0 aliphatic rings. The van der Waals surface area contributed by atoms with Gasteiger partial charge in [-0.25, -0.2) is 4.57 Å². The molecule has 0 spiro atoms. The number of hydrogen-bond donors (Lipinski definition) is 3. The fourth-order valence-electron chi connectivity index (χ4n) is 4.56. The van der Waals surface area contributed by atoms with Gasteiger partial charge in [0.05, 0.1) is 26.4 Å². The summed E-state index contributed by atoms with van der Waals surface area (Å²) in [6, 6.07) is 0. The minimum Gasteiger partial charge on any atom is -0.457 e. The number of carbonyl (C=O) groups is 1. The minimum absolute atomic E-state index is 0.0239. The topological polar surface area (TPSA) is 132 Å². The van der Waals surface area contributed by atoms with Gasteiger partial charge in [-0.2, -0.15) is 0 Å². The van der Waals surface area contributed by atoms with Gasteiger partial charge >= 0.3 is 13.8 Å². The zero-order valence-electron chi connectivity index (χ0n) is 31.1. The van der Waals surface area contributed by atoms with Crippen molar-refractivity contribution in [2.24, 2.45) is 0 Å². The number of phosphoric acid groups is 1. The summed E-state index contributed by atoms with van der Waals surface area (Å²) >= 11 is 0. The lowest BCUT2D eigenvalue weighted by Crippen LogP contribution is -2.29. The molecule has 0 saturated heterocycles. The lowest BCUT2D eigenvalue weighted by atomic mass is 10.1. The molecule has 0 aromatic carbocycles. The van der Waals surface area contributed by atoms with E-state index in [2.05, 4.69) is 86.8 Å². The van der Waals surface area contributed by atoms with Crippen LogP contribution in [0.5, 0.6) is 0 Å². The molecule has 3 unspecified atom stereocenters. The van der Waals surface area contributed by atoms with Gasteiger partial charge in [0.15, 0.2) is 0 Å². The molecule has 0 aromatic rings. The molecule has 9 nitrogen and oxygen atoms in total. The molecule has 0 amide bonds. The van der Waals surface area contributed by atoms with E-state index in [1.54, 1.807) is 0 Å². The fourth-order valence-corrected chi connectivity index (χ4v) is 5.35. The van der Waals surface area contributed by atoms with E-state index in [0.29, 0.717) is 13.0 Å². The van der Waals surface area contributed by atoms with Crippen molar-refractivity contribution in [2.45, 2.75) is 142 Å². The van der Waals surface area contributed by atoms with E-state index in [1.165, 1.54) is 19.3 Å². The molecule has 0 fully saturated rings. The first-order valence-electron chi connectivity index (χ1n) is 18.9. The van der Waals surface area contributed by atoms with Gasteiger partial charge in [-0.3, -0.25) is 13.8 Å². The Labute approximate surface area is 303 Å². The summed E-state index contributed by atoms with van der Waals surface area (Å²) in [5.74, 6) is -0.421. The van der Waals surface area contributed by atoms with Gasteiger partial charge < -0.3 is 24.6 Å². The minimum atomic E-state index is -4.53. The monoisotopic (exact) mass is 724 g/mol. The van der Waals surface area contributed by atoms with E-state index in [0.717, 1.165) is 83.5 Å². The summed E-state index contributed by atoms with van der Waals surface area (Å²) in [6.07, 6.45) is 41.5. The van der Waals surface area contributed by atoms with Crippen molar-refractivity contribution >= 4 is 13.8 Å². The largest absolute Gasteiger partial charge is 0.472 e. The molecule has 0 aliphatic heterocycles. The second-order valence-electron chi connectivity index (χ2n) is 12.2. The third-order valence-corrected chi connectivity index (χ3v) is 8.34. The van der Waals surface area contributed by atoms with Gasteiger partial charge in [0.25, 0.3) is 0 Å². The number of aliphatic hydroxyl groups is 2. The molecular weight excluding hydrogens is 655 g/mol. The summed E-state index contributed by atoms with van der Waals surface area (Å²) in [5, 5.41) is 18.3. The Bertz CT molecular complexity index is 1000. The van der Waals surface area contributed by atoms with Crippen LogP contribution in [0.15, 0.2) is 72.9 Å². The summed E-state index contributed by atoms with van der Waals surface area (Å²) < 4.78 is 33.2. The number of ether oxygens (including phenoxy) is 2. The van der Waals surface area contributed by atoms with Gasteiger partial charge in [0, 0.05) is 13.0 Å². The first kappa shape index (κ1) is 47.9. The van der Waals surface area contributed by atoms with Crippen molar-refractivity contribution in [1.29, 1.82) is 0 Å². The highest BCUT2D eigenvalue weighted by Crippen LogP contribution is 2.43. The number of carbonyl (C=O) groups excluding carboxylic acids is 1. The summed E-state index contributed by atoms with van der Waals surface area (Å²) in [5.41, 5.74) is 0. The molecule has 288 valence electrons. The van der Waals surface area contributed by atoms with Crippen LogP contribution in [-0.4, -0.2) is 66.3 Å². The zero-order valence-corrected chi connectivity index (χ0v) is 32.0. The second kappa shape index (κ2) is 36.7. The van der Waals surface area contributed by atoms with E-state index >= 15 is 0 Å². The Hall–Kier alpha value is -2.10. The van der Waals surface area contributed by atoms with Gasteiger partial charge in [0.2, 0.25) is 0 Å². The second-order valence-corrected chi connectivity index (χ2v) is 13.6. The maximum absolute atomic E-state index is 12.5. The number of aliphatic hydroxyl groups excluding tert-OH is 2. The maximum atomic E-state index is 12.5. The Morgan fingerprint density at radius 1 is 0.620 bits per heavy atom. The number of allylic oxidation sites excluding steroid dienone is 12. The number of phosphoric ester groups is 1. The first-order chi connectivity index (χ1) is 24.3. The normalized spacial score (nSPS) is 15.1. The lowest BCUT2D eigenvalue weighted by Gasteiger charge is -2.20. The van der Waals surface area contributed by atoms with Gasteiger partial charge in [-0.1, -0.05) is 119 Å². The van der Waals surface area contributed by atoms with Crippen LogP contribution in [0.25, 0.3) is 0 Å². The van der Waals surface area contributed by atoms with Crippen LogP contribution >= 0.6 is 7.82 Å². The Kier molecular flexibility index (Phi) is 35.1. The molecule has 0 aliphatic carbocycles. The predicted octanol–water partition coefficient (Wildman–Crippen LogP) is 9.80. The summed E-state index contributed by atoms with van der Waals surface area (Å²) in [6.45, 7) is 3.18. The van der Waals surface area contributed by atoms with Crippen molar-refractivity contribution in [3.63, 3.8) is 0 Å². The molecule has 0 saturated carbocycles. The third-order valence-electron chi connectivity index (χ3n) is 7.39. The fraction of sp³-hybridized carbons (Fsp3) is 0.675. The number of esters is 1. The number of hydrogen-bond acceptors (Lipinski definition) is 8. The van der Waals surface area contributed by atoms with Crippen LogP contribution in [0.3, 0.4) is 0 Å². The van der Waals surface area contributed by atoms with Crippen LogP contribution in [0.2, 0.25) is 0 Å². The highest BCUT2D eigenvalue weighted by Gasteiger charge is 2.26. The van der Waals surface area contributed by atoms with Gasteiger partial charge in [-0.05, 0) is 77.0 Å². The summed E-state index contributed by atoms with van der Waals surface area (Å²) in [7, 11) is -4.53.